The highest BCUT2D eigenvalue weighted by Crippen LogP contribution is 2.30. The first kappa shape index (κ1) is 20.0. The number of aromatic nitrogens is 1. The van der Waals surface area contributed by atoms with Crippen molar-refractivity contribution in [2.24, 2.45) is 0 Å². The Morgan fingerprint density at radius 2 is 1.96 bits per heavy atom. The van der Waals surface area contributed by atoms with E-state index in [-0.39, 0.29) is 5.78 Å². The van der Waals surface area contributed by atoms with Gasteiger partial charge in [-0.05, 0) is 45.4 Å². The lowest BCUT2D eigenvalue weighted by atomic mass is 10.1. The molecule has 0 radical (unpaired) electrons. The molecule has 1 atom stereocenters. The monoisotopic (exact) mass is 370 g/mol. The lowest BCUT2D eigenvalue weighted by molar-refractivity contribution is 0.0599. The van der Waals surface area contributed by atoms with E-state index >= 15 is 0 Å². The highest BCUT2D eigenvalue weighted by Gasteiger charge is 2.27. The first-order valence-corrected chi connectivity index (χ1v) is 8.49. The summed E-state index contributed by atoms with van der Waals surface area (Å²) in [4.78, 5) is 27.7. The number of esters is 1. The first-order chi connectivity index (χ1) is 12.8. The number of H-pyrrole nitrogens is 1. The second-order valence-corrected chi connectivity index (χ2v) is 5.95. The van der Waals surface area contributed by atoms with E-state index in [1.54, 1.807) is 39.0 Å². The Hall–Kier alpha value is -3.27. The minimum Gasteiger partial charge on any atom is -0.490 e. The molecule has 7 nitrogen and oxygen atoms in total. The van der Waals surface area contributed by atoms with E-state index in [0.717, 1.165) is 0 Å². The molecular weight excluding hydrogens is 348 g/mol. The quantitative estimate of drug-likeness (QED) is 0.592. The molecule has 1 heterocycles. The molecule has 0 aliphatic heterocycles. The van der Waals surface area contributed by atoms with Crippen LogP contribution in [-0.2, 0) is 4.74 Å². The number of benzene rings is 1. The van der Waals surface area contributed by atoms with Gasteiger partial charge in [0.05, 0.1) is 36.6 Å². The summed E-state index contributed by atoms with van der Waals surface area (Å²) < 4.78 is 16.1. The Morgan fingerprint density at radius 1 is 1.26 bits per heavy atom. The van der Waals surface area contributed by atoms with Crippen molar-refractivity contribution in [1.29, 1.82) is 5.26 Å². The molecule has 2 aromatic rings. The molecule has 0 saturated carbocycles. The first-order valence-electron chi connectivity index (χ1n) is 8.49. The molecule has 0 bridgehead atoms. The molecule has 0 saturated heterocycles. The van der Waals surface area contributed by atoms with Crippen LogP contribution in [0.1, 0.15) is 51.5 Å². The van der Waals surface area contributed by atoms with Gasteiger partial charge in [0.25, 0.3) is 0 Å². The number of ketones is 1. The third kappa shape index (κ3) is 4.11. The van der Waals surface area contributed by atoms with Gasteiger partial charge in [0.15, 0.2) is 17.6 Å². The van der Waals surface area contributed by atoms with E-state index in [0.29, 0.717) is 46.2 Å². The van der Waals surface area contributed by atoms with Gasteiger partial charge in [0.2, 0.25) is 5.78 Å². The number of aromatic amines is 1. The molecule has 0 amide bonds. The third-order valence-electron chi connectivity index (χ3n) is 4.12. The van der Waals surface area contributed by atoms with Gasteiger partial charge in [0.1, 0.15) is 0 Å². The van der Waals surface area contributed by atoms with Crippen molar-refractivity contribution < 1.29 is 23.8 Å². The number of nitrogens with one attached hydrogen (secondary N) is 1. The van der Waals surface area contributed by atoms with Crippen molar-refractivity contribution in [3.05, 3.63) is 46.3 Å². The van der Waals surface area contributed by atoms with Gasteiger partial charge in [-0.2, -0.15) is 5.26 Å². The molecule has 2 rings (SSSR count). The van der Waals surface area contributed by atoms with E-state index in [4.69, 9.17) is 19.5 Å². The van der Waals surface area contributed by atoms with Crippen LogP contribution in [0.15, 0.2) is 18.2 Å². The fourth-order valence-electron chi connectivity index (χ4n) is 2.80. The van der Waals surface area contributed by atoms with Crippen molar-refractivity contribution in [2.75, 3.05) is 13.7 Å². The number of ether oxygens (including phenoxy) is 3. The molecule has 1 N–H and O–H groups in total. The fourth-order valence-corrected chi connectivity index (χ4v) is 2.80. The summed E-state index contributed by atoms with van der Waals surface area (Å²) in [6.07, 6.45) is -0.834. The standard InChI is InChI=1S/C20H22N2O5/c1-6-26-16-9-14(10-21)7-8-15(16)27-13(4)19(23)18-11(2)17(12(3)22-18)20(24)25-5/h7-9,13,22H,6H2,1-5H3/t13-/m1/s1. The van der Waals surface area contributed by atoms with E-state index in [9.17, 15) is 9.59 Å². The number of rotatable bonds is 7. The zero-order valence-corrected chi connectivity index (χ0v) is 16.0. The number of carbonyl (C=O) groups excluding carboxylic acids is 2. The summed E-state index contributed by atoms with van der Waals surface area (Å²) in [5, 5.41) is 9.02. The minimum atomic E-state index is -0.834. The van der Waals surface area contributed by atoms with Gasteiger partial charge in [0, 0.05) is 11.8 Å². The molecular formula is C20H22N2O5. The summed E-state index contributed by atoms with van der Waals surface area (Å²) in [5.41, 5.74) is 2.16. The molecule has 0 aliphatic carbocycles. The zero-order valence-electron chi connectivity index (χ0n) is 16.0. The highest BCUT2D eigenvalue weighted by molar-refractivity contribution is 6.03. The number of nitrogens with zero attached hydrogens (tertiary/aromatic N) is 1. The second-order valence-electron chi connectivity index (χ2n) is 5.95. The molecule has 7 heteroatoms. The second kappa shape index (κ2) is 8.41. The lowest BCUT2D eigenvalue weighted by Gasteiger charge is -2.17. The Balaban J connectivity index is 2.29. The Kier molecular flexibility index (Phi) is 6.24. The summed E-state index contributed by atoms with van der Waals surface area (Å²) >= 11 is 0. The van der Waals surface area contributed by atoms with Crippen LogP contribution in [0.5, 0.6) is 11.5 Å². The number of hydrogen-bond acceptors (Lipinski definition) is 6. The lowest BCUT2D eigenvalue weighted by Crippen LogP contribution is -2.25. The van der Waals surface area contributed by atoms with Crippen molar-refractivity contribution >= 4 is 11.8 Å². The number of methoxy groups -OCH3 is 1. The van der Waals surface area contributed by atoms with Crippen LogP contribution in [0.4, 0.5) is 0 Å². The SMILES string of the molecule is CCOc1cc(C#N)ccc1O[C@H](C)C(=O)c1[nH]c(C)c(C(=O)OC)c1C. The third-order valence-corrected chi connectivity index (χ3v) is 4.12. The molecule has 0 unspecified atom stereocenters. The van der Waals surface area contributed by atoms with Gasteiger partial charge in [-0.15, -0.1) is 0 Å². The summed E-state index contributed by atoms with van der Waals surface area (Å²) in [7, 11) is 1.29. The molecule has 0 spiro atoms. The van der Waals surface area contributed by atoms with E-state index in [1.807, 2.05) is 13.0 Å². The molecule has 1 aromatic heterocycles. The van der Waals surface area contributed by atoms with Crippen LogP contribution in [0, 0.1) is 25.2 Å². The van der Waals surface area contributed by atoms with Gasteiger partial charge >= 0.3 is 5.97 Å². The van der Waals surface area contributed by atoms with E-state index in [1.165, 1.54) is 7.11 Å². The summed E-state index contributed by atoms with van der Waals surface area (Å²) in [6.45, 7) is 7.21. The number of aryl methyl sites for hydroxylation is 1. The molecule has 27 heavy (non-hydrogen) atoms. The molecule has 1 aromatic carbocycles. The number of nitriles is 1. The molecule has 0 aliphatic rings. The smallest absolute Gasteiger partial charge is 0.339 e. The van der Waals surface area contributed by atoms with Crippen molar-refractivity contribution in [3.63, 3.8) is 0 Å². The number of Topliss-reactive ketones (excluding diaryl/α,β-unsaturated/α-hetero) is 1. The number of hydrogen-bond donors (Lipinski definition) is 1. The molecule has 0 fully saturated rings. The predicted octanol–water partition coefficient (Wildman–Crippen LogP) is 3.34. The largest absolute Gasteiger partial charge is 0.490 e. The van der Waals surface area contributed by atoms with Gasteiger partial charge in [-0.3, -0.25) is 4.79 Å². The van der Waals surface area contributed by atoms with Crippen molar-refractivity contribution in [3.8, 4) is 17.6 Å². The Labute approximate surface area is 157 Å². The molecule has 142 valence electrons. The van der Waals surface area contributed by atoms with Gasteiger partial charge < -0.3 is 19.2 Å². The Morgan fingerprint density at radius 3 is 2.56 bits per heavy atom. The van der Waals surface area contributed by atoms with E-state index < -0.39 is 12.1 Å². The maximum atomic E-state index is 12.8. The van der Waals surface area contributed by atoms with Crippen molar-refractivity contribution in [1.82, 2.24) is 4.98 Å². The van der Waals surface area contributed by atoms with Crippen LogP contribution in [0.2, 0.25) is 0 Å². The van der Waals surface area contributed by atoms with Crippen LogP contribution in [0.3, 0.4) is 0 Å². The Bertz CT molecular complexity index is 908. The van der Waals surface area contributed by atoms with Crippen LogP contribution >= 0.6 is 0 Å². The topological polar surface area (TPSA) is 101 Å². The summed E-state index contributed by atoms with van der Waals surface area (Å²) in [5.74, 6) is -0.0474. The zero-order chi connectivity index (χ0) is 20.1. The van der Waals surface area contributed by atoms with Crippen LogP contribution in [-0.4, -0.2) is 36.6 Å². The van der Waals surface area contributed by atoms with Gasteiger partial charge in [-0.1, -0.05) is 0 Å². The normalized spacial score (nSPS) is 11.4. The van der Waals surface area contributed by atoms with Crippen molar-refractivity contribution in [2.45, 2.75) is 33.8 Å². The highest BCUT2D eigenvalue weighted by atomic mass is 16.5. The van der Waals surface area contributed by atoms with Gasteiger partial charge in [-0.25, -0.2) is 4.79 Å². The maximum Gasteiger partial charge on any atom is 0.339 e. The number of carbonyl (C=O) groups is 2. The van der Waals surface area contributed by atoms with Crippen LogP contribution in [0.25, 0.3) is 0 Å². The summed E-state index contributed by atoms with van der Waals surface area (Å²) in [6, 6.07) is 6.79. The van der Waals surface area contributed by atoms with Crippen LogP contribution < -0.4 is 9.47 Å². The average molecular weight is 370 g/mol. The fraction of sp³-hybridized carbons (Fsp3) is 0.350. The van der Waals surface area contributed by atoms with E-state index in [2.05, 4.69) is 4.98 Å². The average Bonchev–Trinajstić information content (AvgIpc) is 2.96. The maximum absolute atomic E-state index is 12.8. The predicted molar refractivity (Wildman–Crippen MR) is 98.4 cm³/mol. The minimum absolute atomic E-state index is 0.298.